The second-order valence-electron chi connectivity index (χ2n) is 8.08. The smallest absolute Gasteiger partial charge is 0.407 e. The van der Waals surface area contributed by atoms with Gasteiger partial charge in [-0.15, -0.1) is 10.2 Å². The van der Waals surface area contributed by atoms with Gasteiger partial charge in [0.1, 0.15) is 12.1 Å². The molecule has 158 valence electrons. The highest BCUT2D eigenvalue weighted by atomic mass is 16.5. The average Bonchev–Trinajstić information content (AvgIpc) is 3.30. The van der Waals surface area contributed by atoms with Crippen LogP contribution >= 0.6 is 0 Å². The number of carbonyl (C=O) groups excluding carboxylic acids is 1. The number of benzene rings is 2. The summed E-state index contributed by atoms with van der Waals surface area (Å²) in [6, 6.07) is 16.2. The number of carboxylic acid groups (broad SMARTS) is 1. The summed E-state index contributed by atoms with van der Waals surface area (Å²) in [7, 11) is 1.62. The van der Waals surface area contributed by atoms with E-state index in [0.29, 0.717) is 5.82 Å². The van der Waals surface area contributed by atoms with Gasteiger partial charge >= 0.3 is 12.1 Å². The van der Waals surface area contributed by atoms with Crippen molar-refractivity contribution >= 4 is 12.1 Å². The minimum Gasteiger partial charge on any atom is -0.481 e. The molecule has 31 heavy (non-hydrogen) atoms. The van der Waals surface area contributed by atoms with E-state index in [-0.39, 0.29) is 25.4 Å². The van der Waals surface area contributed by atoms with E-state index >= 15 is 0 Å². The van der Waals surface area contributed by atoms with Crippen molar-refractivity contribution in [1.29, 1.82) is 0 Å². The van der Waals surface area contributed by atoms with Gasteiger partial charge in [-0.05, 0) is 40.3 Å². The van der Waals surface area contributed by atoms with Gasteiger partial charge < -0.3 is 15.2 Å². The van der Waals surface area contributed by atoms with Gasteiger partial charge in [0.25, 0.3) is 0 Å². The molecule has 9 heteroatoms. The van der Waals surface area contributed by atoms with Gasteiger partial charge in [0, 0.05) is 5.92 Å². The molecule has 0 unspecified atom stereocenters. The fourth-order valence-electron chi connectivity index (χ4n) is 4.60. The summed E-state index contributed by atoms with van der Waals surface area (Å²) < 4.78 is 5.61. The number of rotatable bonds is 5. The van der Waals surface area contributed by atoms with Crippen molar-refractivity contribution in [2.24, 2.45) is 13.0 Å². The van der Waals surface area contributed by atoms with E-state index < -0.39 is 23.5 Å². The van der Waals surface area contributed by atoms with Crippen LogP contribution in [0, 0.1) is 5.92 Å². The molecule has 2 aliphatic rings. The van der Waals surface area contributed by atoms with Crippen molar-refractivity contribution < 1.29 is 19.4 Å². The zero-order valence-corrected chi connectivity index (χ0v) is 16.9. The third-order valence-corrected chi connectivity index (χ3v) is 6.16. The Labute approximate surface area is 178 Å². The first kappa shape index (κ1) is 19.2. The number of fused-ring (bicyclic) bond motifs is 3. The van der Waals surface area contributed by atoms with Crippen molar-refractivity contribution in [3.8, 4) is 11.1 Å². The molecule has 0 bridgehead atoms. The minimum atomic E-state index is -0.986. The number of carbonyl (C=O) groups is 2. The number of carboxylic acids is 1. The number of amides is 1. The molecule has 0 aliphatic heterocycles. The van der Waals surface area contributed by atoms with Crippen LogP contribution in [0.3, 0.4) is 0 Å². The number of tetrazole rings is 1. The van der Waals surface area contributed by atoms with Gasteiger partial charge in [-0.3, -0.25) is 4.79 Å². The van der Waals surface area contributed by atoms with E-state index in [4.69, 9.17) is 4.74 Å². The van der Waals surface area contributed by atoms with Crippen molar-refractivity contribution in [2.45, 2.75) is 24.3 Å². The number of aliphatic carboxylic acids is 1. The van der Waals surface area contributed by atoms with Crippen LogP contribution in [0.5, 0.6) is 0 Å². The predicted octanol–water partition coefficient (Wildman–Crippen LogP) is 2.44. The lowest BCUT2D eigenvalue weighted by atomic mass is 9.67. The number of hydrogen-bond acceptors (Lipinski definition) is 6. The summed E-state index contributed by atoms with van der Waals surface area (Å²) in [5.41, 5.74) is 3.55. The fourth-order valence-corrected chi connectivity index (χ4v) is 4.60. The summed E-state index contributed by atoms with van der Waals surface area (Å²) in [5, 5.41) is 24.1. The molecule has 1 heterocycles. The molecule has 3 aromatic rings. The predicted molar refractivity (Wildman–Crippen MR) is 109 cm³/mol. The molecule has 2 aliphatic carbocycles. The molecule has 1 aromatic heterocycles. The van der Waals surface area contributed by atoms with Crippen LogP contribution < -0.4 is 5.32 Å². The van der Waals surface area contributed by atoms with Crippen molar-refractivity contribution in [1.82, 2.24) is 25.5 Å². The molecule has 2 N–H and O–H groups in total. The van der Waals surface area contributed by atoms with Crippen LogP contribution in [0.25, 0.3) is 11.1 Å². The molecular formula is C22H21N5O4. The SMILES string of the molecule is Cn1nnc(C2(NC(=O)OCC3c4ccccc4-c4ccccc43)CC(C(=O)O)C2)n1. The lowest BCUT2D eigenvalue weighted by Crippen LogP contribution is -2.57. The zero-order valence-electron chi connectivity index (χ0n) is 16.9. The summed E-state index contributed by atoms with van der Waals surface area (Å²) in [6.45, 7) is 0.173. The molecule has 0 spiro atoms. The van der Waals surface area contributed by atoms with E-state index in [1.165, 1.54) is 4.80 Å². The van der Waals surface area contributed by atoms with Crippen LogP contribution in [0.1, 0.15) is 35.7 Å². The molecule has 2 aromatic carbocycles. The maximum Gasteiger partial charge on any atom is 0.407 e. The van der Waals surface area contributed by atoms with Crippen LogP contribution in [-0.4, -0.2) is 44.0 Å². The van der Waals surface area contributed by atoms with Crippen LogP contribution in [-0.2, 0) is 22.1 Å². The van der Waals surface area contributed by atoms with E-state index in [1.807, 2.05) is 24.3 Å². The summed E-state index contributed by atoms with van der Waals surface area (Å²) in [6.07, 6.45) is -0.241. The van der Waals surface area contributed by atoms with Gasteiger partial charge in [-0.1, -0.05) is 48.5 Å². The number of ether oxygens (including phenoxy) is 1. The van der Waals surface area contributed by atoms with Crippen molar-refractivity contribution in [3.05, 3.63) is 65.5 Å². The molecule has 0 radical (unpaired) electrons. The first-order chi connectivity index (χ1) is 15.0. The fraction of sp³-hybridized carbons (Fsp3) is 0.318. The third kappa shape index (κ3) is 3.22. The summed E-state index contributed by atoms with van der Waals surface area (Å²) >= 11 is 0. The second kappa shape index (κ2) is 7.19. The van der Waals surface area contributed by atoms with Gasteiger partial charge in [-0.25, -0.2) is 4.79 Å². The lowest BCUT2D eigenvalue weighted by Gasteiger charge is -2.43. The van der Waals surface area contributed by atoms with Gasteiger partial charge in [0.2, 0.25) is 0 Å². The second-order valence-corrected chi connectivity index (χ2v) is 8.08. The van der Waals surface area contributed by atoms with Crippen LogP contribution in [0.4, 0.5) is 4.79 Å². The van der Waals surface area contributed by atoms with Crippen LogP contribution in [0.2, 0.25) is 0 Å². The highest BCUT2D eigenvalue weighted by molar-refractivity contribution is 5.79. The maximum atomic E-state index is 12.7. The Kier molecular flexibility index (Phi) is 4.46. The highest BCUT2D eigenvalue weighted by Crippen LogP contribution is 2.46. The Hall–Kier alpha value is -3.75. The van der Waals surface area contributed by atoms with Gasteiger partial charge in [0.05, 0.1) is 13.0 Å². The molecular weight excluding hydrogens is 398 g/mol. The minimum absolute atomic E-state index is 0.0584. The van der Waals surface area contributed by atoms with Crippen molar-refractivity contribution in [2.75, 3.05) is 6.61 Å². The molecule has 1 amide bonds. The number of nitrogens with one attached hydrogen (secondary N) is 1. The Balaban J connectivity index is 1.32. The number of aryl methyl sites for hydroxylation is 1. The Bertz CT molecular complexity index is 1120. The first-order valence-corrected chi connectivity index (χ1v) is 10.1. The van der Waals surface area contributed by atoms with Crippen molar-refractivity contribution in [3.63, 3.8) is 0 Å². The van der Waals surface area contributed by atoms with E-state index in [9.17, 15) is 14.7 Å². The van der Waals surface area contributed by atoms with Crippen LogP contribution in [0.15, 0.2) is 48.5 Å². The quantitative estimate of drug-likeness (QED) is 0.652. The zero-order chi connectivity index (χ0) is 21.6. The standard InChI is InChI=1S/C22H21N5O4/c1-27-25-20(24-26-27)22(10-13(11-22)19(28)29)23-21(30)31-12-18-16-8-4-2-6-14(16)15-7-3-5-9-17(15)18/h2-9,13,18H,10-12H2,1H3,(H,23,30)(H,28,29). The number of aromatic nitrogens is 4. The Morgan fingerprint density at radius 3 is 2.29 bits per heavy atom. The lowest BCUT2D eigenvalue weighted by molar-refractivity contribution is -0.148. The number of hydrogen-bond donors (Lipinski definition) is 2. The number of alkyl carbamates (subject to hydrolysis) is 1. The summed E-state index contributed by atoms with van der Waals surface area (Å²) in [4.78, 5) is 25.3. The normalized spacial score (nSPS) is 21.6. The van der Waals surface area contributed by atoms with Gasteiger partial charge in [0.15, 0.2) is 5.82 Å². The number of nitrogens with zero attached hydrogens (tertiary/aromatic N) is 4. The maximum absolute atomic E-state index is 12.7. The summed E-state index contributed by atoms with van der Waals surface area (Å²) in [5.74, 6) is -1.25. The van der Waals surface area contributed by atoms with E-state index in [0.717, 1.165) is 22.3 Å². The monoisotopic (exact) mass is 419 g/mol. The van der Waals surface area contributed by atoms with E-state index in [2.05, 4.69) is 45.0 Å². The molecule has 9 nitrogen and oxygen atoms in total. The molecule has 0 saturated heterocycles. The first-order valence-electron chi connectivity index (χ1n) is 10.1. The topological polar surface area (TPSA) is 119 Å². The highest BCUT2D eigenvalue weighted by Gasteiger charge is 2.53. The van der Waals surface area contributed by atoms with E-state index in [1.54, 1.807) is 7.05 Å². The largest absolute Gasteiger partial charge is 0.481 e. The third-order valence-electron chi connectivity index (χ3n) is 6.16. The molecule has 0 atom stereocenters. The average molecular weight is 419 g/mol. The molecule has 1 fully saturated rings. The molecule has 5 rings (SSSR count). The molecule has 1 saturated carbocycles. The van der Waals surface area contributed by atoms with Gasteiger partial charge in [-0.2, -0.15) is 4.80 Å². The Morgan fingerprint density at radius 1 is 1.13 bits per heavy atom. The Morgan fingerprint density at radius 2 is 1.74 bits per heavy atom.